The minimum Gasteiger partial charge on any atom is -0.480 e. The number of hydrogen-bond donors (Lipinski definition) is 1. The zero-order valence-electron chi connectivity index (χ0n) is 12.4. The lowest BCUT2D eigenvalue weighted by molar-refractivity contribution is -0.143. The molecule has 0 bridgehead atoms. The van der Waals surface area contributed by atoms with Gasteiger partial charge in [-0.2, -0.15) is 0 Å². The summed E-state index contributed by atoms with van der Waals surface area (Å²) in [6.45, 7) is 4.35. The molecule has 1 atom stereocenters. The van der Waals surface area contributed by atoms with Gasteiger partial charge in [0, 0.05) is 19.6 Å². The van der Waals surface area contributed by atoms with Gasteiger partial charge < -0.3 is 14.9 Å². The Morgan fingerprint density at radius 1 is 1.10 bits per heavy atom. The third kappa shape index (κ3) is 3.44. The second-order valence-electron chi connectivity index (χ2n) is 6.04. The molecule has 5 nitrogen and oxygen atoms in total. The zero-order valence-corrected chi connectivity index (χ0v) is 12.4. The Balaban J connectivity index is 1.92. The molecule has 2 saturated heterocycles. The summed E-state index contributed by atoms with van der Waals surface area (Å²) in [5.74, 6) is -0.125. The molecule has 0 radical (unpaired) electrons. The van der Waals surface area contributed by atoms with E-state index in [1.54, 1.807) is 4.90 Å². The van der Waals surface area contributed by atoms with E-state index < -0.39 is 12.0 Å². The smallest absolute Gasteiger partial charge is 0.326 e. The monoisotopic (exact) mass is 282 g/mol. The normalized spacial score (nSPS) is 24.8. The van der Waals surface area contributed by atoms with Gasteiger partial charge in [0.05, 0.1) is 0 Å². The number of carbonyl (C=O) groups is 2. The van der Waals surface area contributed by atoms with Crippen molar-refractivity contribution >= 4 is 12.0 Å². The first-order valence-electron chi connectivity index (χ1n) is 7.91. The summed E-state index contributed by atoms with van der Waals surface area (Å²) in [6.07, 6.45) is 6.97. The molecule has 2 aliphatic heterocycles. The quantitative estimate of drug-likeness (QED) is 0.865. The van der Waals surface area contributed by atoms with E-state index in [0.717, 1.165) is 44.7 Å². The van der Waals surface area contributed by atoms with Crippen LogP contribution in [0.3, 0.4) is 0 Å². The number of nitrogens with zero attached hydrogens (tertiary/aromatic N) is 2. The molecule has 2 amide bonds. The van der Waals surface area contributed by atoms with Crippen LogP contribution in [0.4, 0.5) is 4.79 Å². The second-order valence-corrected chi connectivity index (χ2v) is 6.04. The van der Waals surface area contributed by atoms with Crippen LogP contribution in [0.25, 0.3) is 0 Å². The molecular weight excluding hydrogens is 256 g/mol. The molecule has 0 aromatic carbocycles. The Morgan fingerprint density at radius 2 is 1.80 bits per heavy atom. The molecular formula is C15H26N2O3. The summed E-state index contributed by atoms with van der Waals surface area (Å²) >= 11 is 0. The number of rotatable bonds is 3. The van der Waals surface area contributed by atoms with Crippen LogP contribution in [0.5, 0.6) is 0 Å². The molecule has 2 aliphatic rings. The summed E-state index contributed by atoms with van der Waals surface area (Å²) in [6, 6.07) is -0.684. The van der Waals surface area contributed by atoms with Crippen molar-refractivity contribution < 1.29 is 14.7 Å². The van der Waals surface area contributed by atoms with Gasteiger partial charge in [-0.3, -0.25) is 0 Å². The number of amides is 2. The summed E-state index contributed by atoms with van der Waals surface area (Å²) in [5, 5.41) is 9.26. The van der Waals surface area contributed by atoms with E-state index in [4.69, 9.17) is 0 Å². The van der Waals surface area contributed by atoms with Crippen LogP contribution in [0.1, 0.15) is 51.9 Å². The fraction of sp³-hybridized carbons (Fsp3) is 0.867. The van der Waals surface area contributed by atoms with Gasteiger partial charge in [-0.1, -0.05) is 19.8 Å². The summed E-state index contributed by atoms with van der Waals surface area (Å²) in [7, 11) is 0. The summed E-state index contributed by atoms with van der Waals surface area (Å²) < 4.78 is 0. The van der Waals surface area contributed by atoms with E-state index in [-0.39, 0.29) is 6.03 Å². The maximum absolute atomic E-state index is 12.5. The van der Waals surface area contributed by atoms with E-state index in [9.17, 15) is 14.7 Å². The molecule has 1 N–H and O–H groups in total. The standard InChI is InChI=1S/C15H26N2O3/c1-2-5-12-7-10-16(11-8-12)15(20)17-9-4-3-6-13(17)14(18)19/h12-13H,2-11H2,1H3,(H,18,19). The first-order valence-corrected chi connectivity index (χ1v) is 7.91. The van der Waals surface area contributed by atoms with Crippen LogP contribution in [0, 0.1) is 5.92 Å². The van der Waals surface area contributed by atoms with Gasteiger partial charge in [-0.05, 0) is 38.0 Å². The van der Waals surface area contributed by atoms with Crippen molar-refractivity contribution in [2.45, 2.75) is 57.9 Å². The number of piperidine rings is 2. The topological polar surface area (TPSA) is 60.9 Å². The summed E-state index contributed by atoms with van der Waals surface area (Å²) in [4.78, 5) is 27.2. The van der Waals surface area contributed by atoms with E-state index in [1.807, 2.05) is 4.90 Å². The molecule has 2 fully saturated rings. The molecule has 1 unspecified atom stereocenters. The first-order chi connectivity index (χ1) is 9.63. The lowest BCUT2D eigenvalue weighted by Gasteiger charge is -2.39. The maximum atomic E-state index is 12.5. The van der Waals surface area contributed by atoms with Gasteiger partial charge in [0.2, 0.25) is 0 Å². The highest BCUT2D eigenvalue weighted by atomic mass is 16.4. The highest BCUT2D eigenvalue weighted by Gasteiger charge is 2.35. The molecule has 5 heteroatoms. The third-order valence-corrected chi connectivity index (χ3v) is 4.62. The number of urea groups is 1. The molecule has 0 aliphatic carbocycles. The molecule has 2 heterocycles. The van der Waals surface area contributed by atoms with Crippen LogP contribution in [-0.4, -0.2) is 52.6 Å². The highest BCUT2D eigenvalue weighted by Crippen LogP contribution is 2.25. The van der Waals surface area contributed by atoms with E-state index in [2.05, 4.69) is 6.92 Å². The number of carboxylic acid groups (broad SMARTS) is 1. The minimum atomic E-state index is -0.862. The Bertz CT molecular complexity index is 351. The predicted octanol–water partition coefficient (Wildman–Crippen LogP) is 2.56. The number of aliphatic carboxylic acids is 1. The van der Waals surface area contributed by atoms with Crippen molar-refractivity contribution in [3.05, 3.63) is 0 Å². The number of carbonyl (C=O) groups excluding carboxylic acids is 1. The van der Waals surface area contributed by atoms with E-state index in [0.29, 0.717) is 13.0 Å². The van der Waals surface area contributed by atoms with Crippen molar-refractivity contribution in [3.8, 4) is 0 Å². The molecule has 0 aromatic heterocycles. The summed E-state index contributed by atoms with van der Waals surface area (Å²) in [5.41, 5.74) is 0. The van der Waals surface area contributed by atoms with Gasteiger partial charge in [0.25, 0.3) is 0 Å². The minimum absolute atomic E-state index is 0.0629. The maximum Gasteiger partial charge on any atom is 0.326 e. The van der Waals surface area contributed by atoms with Crippen molar-refractivity contribution in [3.63, 3.8) is 0 Å². The number of likely N-dealkylation sites (tertiary alicyclic amines) is 2. The molecule has 0 aromatic rings. The SMILES string of the molecule is CCCC1CCN(C(=O)N2CCCCC2C(=O)O)CC1. The van der Waals surface area contributed by atoms with E-state index in [1.165, 1.54) is 12.8 Å². The molecule has 0 spiro atoms. The molecule has 2 rings (SSSR count). The Morgan fingerprint density at radius 3 is 2.40 bits per heavy atom. The largest absolute Gasteiger partial charge is 0.480 e. The number of hydrogen-bond acceptors (Lipinski definition) is 2. The van der Waals surface area contributed by atoms with Gasteiger partial charge in [0.15, 0.2) is 0 Å². The Kier molecular flexibility index (Phi) is 5.26. The van der Waals surface area contributed by atoms with Crippen molar-refractivity contribution in [2.75, 3.05) is 19.6 Å². The van der Waals surface area contributed by atoms with Gasteiger partial charge in [-0.25, -0.2) is 9.59 Å². The highest BCUT2D eigenvalue weighted by molar-refractivity contribution is 5.83. The zero-order chi connectivity index (χ0) is 14.5. The average molecular weight is 282 g/mol. The van der Waals surface area contributed by atoms with Crippen LogP contribution in [0.15, 0.2) is 0 Å². The lowest BCUT2D eigenvalue weighted by atomic mass is 9.92. The van der Waals surface area contributed by atoms with Gasteiger partial charge in [0.1, 0.15) is 6.04 Å². The number of carboxylic acids is 1. The Labute approximate surface area is 120 Å². The fourth-order valence-electron chi connectivity index (χ4n) is 3.42. The predicted molar refractivity (Wildman–Crippen MR) is 76.6 cm³/mol. The average Bonchev–Trinajstić information content (AvgIpc) is 2.47. The fourth-order valence-corrected chi connectivity index (χ4v) is 3.42. The van der Waals surface area contributed by atoms with Crippen molar-refractivity contribution in [1.29, 1.82) is 0 Å². The molecule has 114 valence electrons. The van der Waals surface area contributed by atoms with Gasteiger partial charge >= 0.3 is 12.0 Å². The van der Waals surface area contributed by atoms with Crippen molar-refractivity contribution in [2.24, 2.45) is 5.92 Å². The molecule has 0 saturated carbocycles. The van der Waals surface area contributed by atoms with Crippen LogP contribution >= 0.6 is 0 Å². The Hall–Kier alpha value is -1.26. The van der Waals surface area contributed by atoms with Crippen molar-refractivity contribution in [1.82, 2.24) is 9.80 Å². The molecule has 20 heavy (non-hydrogen) atoms. The van der Waals surface area contributed by atoms with Crippen LogP contribution in [-0.2, 0) is 4.79 Å². The van der Waals surface area contributed by atoms with Crippen LogP contribution < -0.4 is 0 Å². The third-order valence-electron chi connectivity index (χ3n) is 4.62. The lowest BCUT2D eigenvalue weighted by Crippen LogP contribution is -2.54. The van der Waals surface area contributed by atoms with Crippen LogP contribution in [0.2, 0.25) is 0 Å². The van der Waals surface area contributed by atoms with Gasteiger partial charge in [-0.15, -0.1) is 0 Å². The van der Waals surface area contributed by atoms with E-state index >= 15 is 0 Å². The second kappa shape index (κ2) is 6.95. The first kappa shape index (κ1) is 15.1.